The van der Waals surface area contributed by atoms with E-state index >= 15 is 0 Å². The predicted molar refractivity (Wildman–Crippen MR) is 161 cm³/mol. The number of aromatic nitrogens is 4. The molecule has 0 unspecified atom stereocenters. The summed E-state index contributed by atoms with van der Waals surface area (Å²) < 4.78 is 24.1. The number of hydrogen-bond donors (Lipinski definition) is 1. The lowest BCUT2D eigenvalue weighted by atomic mass is 9.58. The van der Waals surface area contributed by atoms with Crippen molar-refractivity contribution >= 4 is 29.2 Å². The predicted octanol–water partition coefficient (Wildman–Crippen LogP) is 8.02. The maximum Gasteiger partial charge on any atom is 0.339 e. The Morgan fingerprint density at radius 2 is 1.75 bits per heavy atom. The molecule has 12 heteroatoms. The van der Waals surface area contributed by atoms with Gasteiger partial charge < -0.3 is 23.6 Å². The monoisotopic (exact) mass is 638 g/mol. The van der Waals surface area contributed by atoms with Crippen molar-refractivity contribution in [3.63, 3.8) is 0 Å². The Balaban J connectivity index is 1.08. The molecule has 10 nitrogen and oxygen atoms in total. The van der Waals surface area contributed by atoms with Crippen LogP contribution in [0.2, 0.25) is 10.0 Å². The third-order valence-electron chi connectivity index (χ3n) is 9.27. The summed E-state index contributed by atoms with van der Waals surface area (Å²) in [7, 11) is 0. The fourth-order valence-electron chi connectivity index (χ4n) is 6.62. The molecule has 0 aliphatic heterocycles. The van der Waals surface area contributed by atoms with E-state index < -0.39 is 5.97 Å². The molecule has 0 saturated heterocycles. The fourth-order valence-corrected chi connectivity index (χ4v) is 7.17. The number of halogens is 2. The van der Waals surface area contributed by atoms with E-state index in [1.807, 2.05) is 13.8 Å². The van der Waals surface area contributed by atoms with Gasteiger partial charge >= 0.3 is 5.97 Å². The molecule has 2 bridgehead atoms. The number of ether oxygens (including phenoxy) is 2. The summed E-state index contributed by atoms with van der Waals surface area (Å²) in [5, 5.41) is 19.2. The minimum absolute atomic E-state index is 0.0623. The zero-order valence-electron chi connectivity index (χ0n) is 24.4. The first-order chi connectivity index (χ1) is 21.2. The average molecular weight is 640 g/mol. The van der Waals surface area contributed by atoms with Gasteiger partial charge in [-0.3, -0.25) is 4.98 Å². The number of carboxylic acids is 1. The van der Waals surface area contributed by atoms with Crippen LogP contribution in [0.25, 0.3) is 22.6 Å². The first-order valence-corrected chi connectivity index (χ1v) is 15.7. The number of fused-ring (bicyclic) bond motifs is 3. The van der Waals surface area contributed by atoms with E-state index in [1.165, 1.54) is 6.07 Å². The highest BCUT2D eigenvalue weighted by molar-refractivity contribution is 6.38. The number of carbonyl (C=O) groups is 1. The lowest BCUT2D eigenvalue weighted by Crippen LogP contribution is -2.49. The summed E-state index contributed by atoms with van der Waals surface area (Å²) in [4.78, 5) is 20.7. The molecule has 8 rings (SSSR count). The molecule has 1 N–H and O–H groups in total. The standard InChI is InChI=1S/C32H32Cl2N4O6/c1-17(2)42-24-6-5-19(13-20(24)29(39)40)28-36-30(44-38-28)31-7-10-32(11-8-31,12-9-31)41-16-21-26(37-43-27(21)18-3-4-18)25-22(33)14-35-15-23(25)34/h5-6,13-15,17-18H,3-4,7-12,16H2,1-2H3,(H,39,40). The Kier molecular flexibility index (Phi) is 7.42. The Morgan fingerprint density at radius 1 is 1.05 bits per heavy atom. The molecule has 4 fully saturated rings. The van der Waals surface area contributed by atoms with Crippen LogP contribution in [-0.4, -0.2) is 43.1 Å². The first-order valence-electron chi connectivity index (χ1n) is 15.0. The number of aromatic carboxylic acids is 1. The number of nitrogens with zero attached hydrogens (tertiary/aromatic N) is 4. The Labute approximate surface area is 264 Å². The highest BCUT2D eigenvalue weighted by atomic mass is 35.5. The van der Waals surface area contributed by atoms with Crippen LogP contribution in [0.3, 0.4) is 0 Å². The van der Waals surface area contributed by atoms with Crippen molar-refractivity contribution in [2.24, 2.45) is 0 Å². The number of hydrogen-bond acceptors (Lipinski definition) is 9. The topological polar surface area (TPSA) is 134 Å². The molecule has 4 aliphatic carbocycles. The van der Waals surface area contributed by atoms with Gasteiger partial charge in [0.05, 0.1) is 33.8 Å². The maximum atomic E-state index is 11.9. The number of benzene rings is 1. The molecular formula is C32H32Cl2N4O6. The number of rotatable bonds is 10. The third kappa shape index (κ3) is 5.26. The zero-order valence-corrected chi connectivity index (χ0v) is 26.0. The second kappa shape index (κ2) is 11.2. The van der Waals surface area contributed by atoms with Gasteiger partial charge in [0.15, 0.2) is 0 Å². The van der Waals surface area contributed by atoms with Crippen LogP contribution >= 0.6 is 23.2 Å². The summed E-state index contributed by atoms with van der Waals surface area (Å²) in [5.41, 5.74) is 2.28. The summed E-state index contributed by atoms with van der Waals surface area (Å²) >= 11 is 13.0. The highest BCUT2D eigenvalue weighted by Gasteiger charge is 2.53. The van der Waals surface area contributed by atoms with E-state index in [9.17, 15) is 9.90 Å². The molecule has 0 atom stereocenters. The average Bonchev–Trinajstić information content (AvgIpc) is 3.57. The molecule has 3 aromatic heterocycles. The van der Waals surface area contributed by atoms with Gasteiger partial charge in [0.1, 0.15) is 22.8 Å². The van der Waals surface area contributed by atoms with Gasteiger partial charge in [-0.1, -0.05) is 33.5 Å². The highest BCUT2D eigenvalue weighted by Crippen LogP contribution is 2.55. The SMILES string of the molecule is CC(C)Oc1ccc(-c2noc(C34CCC(OCc5c(-c6c(Cl)cncc6Cl)noc5C5CC5)(CC3)CC4)n2)cc1C(=O)O. The van der Waals surface area contributed by atoms with Crippen molar-refractivity contribution in [3.8, 4) is 28.4 Å². The lowest BCUT2D eigenvalue weighted by Gasteiger charge is -2.51. The summed E-state index contributed by atoms with van der Waals surface area (Å²) in [5.74, 6) is 1.40. The molecule has 0 spiro atoms. The van der Waals surface area contributed by atoms with Gasteiger partial charge in [-0.15, -0.1) is 0 Å². The summed E-state index contributed by atoms with van der Waals surface area (Å²) in [6, 6.07) is 4.94. The Bertz CT molecular complexity index is 1680. The zero-order chi connectivity index (χ0) is 30.6. The van der Waals surface area contributed by atoms with Crippen molar-refractivity contribution in [1.82, 2.24) is 20.3 Å². The molecule has 3 heterocycles. The lowest BCUT2D eigenvalue weighted by molar-refractivity contribution is -0.130. The molecule has 0 radical (unpaired) electrons. The van der Waals surface area contributed by atoms with E-state index in [-0.39, 0.29) is 22.7 Å². The van der Waals surface area contributed by atoms with Crippen LogP contribution in [0.4, 0.5) is 0 Å². The van der Waals surface area contributed by atoms with Gasteiger partial charge in [-0.25, -0.2) is 4.79 Å². The number of carboxylic acid groups (broad SMARTS) is 1. The van der Waals surface area contributed by atoms with Crippen LogP contribution in [-0.2, 0) is 16.8 Å². The molecule has 4 saturated carbocycles. The molecule has 0 amide bonds. The van der Waals surface area contributed by atoms with Crippen molar-refractivity contribution < 1.29 is 28.4 Å². The first kappa shape index (κ1) is 29.3. The normalized spacial score (nSPS) is 22.9. The van der Waals surface area contributed by atoms with Crippen molar-refractivity contribution in [3.05, 3.63) is 63.4 Å². The van der Waals surface area contributed by atoms with Crippen LogP contribution in [0.15, 0.2) is 39.6 Å². The minimum atomic E-state index is -1.07. The smallest absolute Gasteiger partial charge is 0.339 e. The molecule has 44 heavy (non-hydrogen) atoms. The summed E-state index contributed by atoms with van der Waals surface area (Å²) in [6.07, 6.45) is 10.2. The van der Waals surface area contributed by atoms with Crippen molar-refractivity contribution in [2.45, 2.75) is 94.9 Å². The van der Waals surface area contributed by atoms with Crippen molar-refractivity contribution in [1.29, 1.82) is 0 Å². The van der Waals surface area contributed by atoms with Crippen LogP contribution in [0.1, 0.15) is 98.7 Å². The number of pyridine rings is 1. The van der Waals surface area contributed by atoms with Gasteiger partial charge in [-0.2, -0.15) is 4.98 Å². The van der Waals surface area contributed by atoms with Gasteiger partial charge in [0, 0.05) is 35.0 Å². The molecule has 230 valence electrons. The van der Waals surface area contributed by atoms with E-state index in [1.54, 1.807) is 24.5 Å². The fraction of sp³-hybridized carbons (Fsp3) is 0.469. The molecule has 4 aromatic rings. The van der Waals surface area contributed by atoms with Crippen molar-refractivity contribution in [2.75, 3.05) is 0 Å². The van der Waals surface area contributed by atoms with E-state index in [0.717, 1.165) is 62.7 Å². The maximum absolute atomic E-state index is 11.9. The minimum Gasteiger partial charge on any atom is -0.490 e. The largest absolute Gasteiger partial charge is 0.490 e. The quantitative estimate of drug-likeness (QED) is 0.182. The van der Waals surface area contributed by atoms with Gasteiger partial charge in [-0.05, 0) is 83.4 Å². The van der Waals surface area contributed by atoms with E-state index in [2.05, 4.69) is 15.3 Å². The molecular weight excluding hydrogens is 607 g/mol. The second-order valence-electron chi connectivity index (χ2n) is 12.5. The summed E-state index contributed by atoms with van der Waals surface area (Å²) in [6.45, 7) is 4.06. The van der Waals surface area contributed by atoms with Crippen LogP contribution < -0.4 is 4.74 Å². The van der Waals surface area contributed by atoms with Gasteiger partial charge in [0.25, 0.3) is 0 Å². The Hall–Kier alpha value is -3.47. The second-order valence-corrected chi connectivity index (χ2v) is 13.3. The Morgan fingerprint density at radius 3 is 2.39 bits per heavy atom. The molecule has 4 aliphatic rings. The van der Waals surface area contributed by atoms with Crippen LogP contribution in [0, 0.1) is 0 Å². The van der Waals surface area contributed by atoms with E-state index in [4.69, 9.17) is 46.7 Å². The van der Waals surface area contributed by atoms with Gasteiger partial charge in [0.2, 0.25) is 11.7 Å². The van der Waals surface area contributed by atoms with E-state index in [0.29, 0.717) is 56.9 Å². The third-order valence-corrected chi connectivity index (χ3v) is 9.84. The van der Waals surface area contributed by atoms with Crippen LogP contribution in [0.5, 0.6) is 5.75 Å². The molecule has 1 aromatic carbocycles.